The Bertz CT molecular complexity index is 941. The second-order valence-corrected chi connectivity index (χ2v) is 7.69. The van der Waals surface area contributed by atoms with E-state index in [0.717, 1.165) is 21.8 Å². The smallest absolute Gasteiger partial charge is 0.240 e. The largest absolute Gasteiger partial charge is 0.488 e. The van der Waals surface area contributed by atoms with Crippen LogP contribution in [0.25, 0.3) is 0 Å². The van der Waals surface area contributed by atoms with Crippen LogP contribution in [-0.4, -0.2) is 17.9 Å². The minimum atomic E-state index is -0.108. The van der Waals surface area contributed by atoms with E-state index < -0.39 is 0 Å². The molecule has 0 saturated carbocycles. The zero-order valence-corrected chi connectivity index (χ0v) is 17.2. The molecular formula is C24H24N2O2S. The lowest BCUT2D eigenvalue weighted by atomic mass is 10.2. The first-order chi connectivity index (χ1) is 14.2. The van der Waals surface area contributed by atoms with Gasteiger partial charge in [0, 0.05) is 22.6 Å². The Hall–Kier alpha value is -3.05. The number of ether oxygens (including phenoxy) is 1. The number of hydrazone groups is 1. The van der Waals surface area contributed by atoms with Crippen molar-refractivity contribution in [3.8, 4) is 5.75 Å². The van der Waals surface area contributed by atoms with Gasteiger partial charge in [0.15, 0.2) is 0 Å². The maximum atomic E-state index is 12.0. The van der Waals surface area contributed by atoms with Crippen molar-refractivity contribution in [1.29, 1.82) is 0 Å². The number of benzene rings is 3. The first-order valence-electron chi connectivity index (χ1n) is 9.48. The summed E-state index contributed by atoms with van der Waals surface area (Å²) >= 11 is 1.66. The summed E-state index contributed by atoms with van der Waals surface area (Å²) in [4.78, 5) is 13.2. The molecular weight excluding hydrogens is 380 g/mol. The number of carbonyl (C=O) groups is 1. The first-order valence-corrected chi connectivity index (χ1v) is 10.5. The third-order valence-corrected chi connectivity index (χ3v) is 5.18. The summed E-state index contributed by atoms with van der Waals surface area (Å²) in [5.74, 6) is 1.33. The summed E-state index contributed by atoms with van der Waals surface area (Å²) < 4.78 is 5.90. The molecule has 1 amide bonds. The Kier molecular flexibility index (Phi) is 7.90. The minimum Gasteiger partial charge on any atom is -0.488 e. The van der Waals surface area contributed by atoms with Crippen LogP contribution in [0.1, 0.15) is 23.1 Å². The highest BCUT2D eigenvalue weighted by molar-refractivity contribution is 7.99. The van der Waals surface area contributed by atoms with Crippen LogP contribution in [-0.2, 0) is 11.4 Å². The van der Waals surface area contributed by atoms with Gasteiger partial charge in [-0.05, 0) is 36.8 Å². The van der Waals surface area contributed by atoms with Crippen LogP contribution >= 0.6 is 11.8 Å². The van der Waals surface area contributed by atoms with Crippen molar-refractivity contribution in [3.05, 3.63) is 95.6 Å². The minimum absolute atomic E-state index is 0.108. The van der Waals surface area contributed by atoms with E-state index in [9.17, 15) is 4.79 Å². The molecule has 29 heavy (non-hydrogen) atoms. The summed E-state index contributed by atoms with van der Waals surface area (Å²) in [6.45, 7) is 2.54. The standard InChI is InChI=1S/C24H24N2O2S/c1-19-11-13-22(14-12-19)29-16-15-24(27)26-25-17-21-9-5-6-10-23(21)28-18-20-7-3-2-4-8-20/h2-14,17H,15-16,18H2,1H3,(H,26,27)/b25-17-. The number of rotatable bonds is 9. The van der Waals surface area contributed by atoms with E-state index in [4.69, 9.17) is 4.74 Å². The molecule has 0 aliphatic heterocycles. The summed E-state index contributed by atoms with van der Waals surface area (Å²) in [6.07, 6.45) is 2.02. The molecule has 0 fully saturated rings. The third-order valence-electron chi connectivity index (χ3n) is 4.17. The van der Waals surface area contributed by atoms with Crippen molar-refractivity contribution in [2.24, 2.45) is 5.10 Å². The van der Waals surface area contributed by atoms with Crippen LogP contribution in [0.4, 0.5) is 0 Å². The number of hydrogen-bond donors (Lipinski definition) is 1. The van der Waals surface area contributed by atoms with E-state index in [1.807, 2.05) is 54.6 Å². The van der Waals surface area contributed by atoms with Gasteiger partial charge in [0.1, 0.15) is 12.4 Å². The number of aryl methyl sites for hydroxylation is 1. The van der Waals surface area contributed by atoms with Crippen molar-refractivity contribution in [1.82, 2.24) is 5.43 Å². The quantitative estimate of drug-likeness (QED) is 0.303. The molecule has 0 aliphatic rings. The van der Waals surface area contributed by atoms with Gasteiger partial charge in [-0.15, -0.1) is 11.8 Å². The van der Waals surface area contributed by atoms with Crippen molar-refractivity contribution in [2.75, 3.05) is 5.75 Å². The lowest BCUT2D eigenvalue weighted by molar-refractivity contribution is -0.120. The van der Waals surface area contributed by atoms with Gasteiger partial charge in [-0.2, -0.15) is 5.10 Å². The van der Waals surface area contributed by atoms with Crippen molar-refractivity contribution >= 4 is 23.9 Å². The predicted molar refractivity (Wildman–Crippen MR) is 119 cm³/mol. The van der Waals surface area contributed by atoms with Crippen molar-refractivity contribution in [2.45, 2.75) is 24.8 Å². The van der Waals surface area contributed by atoms with Crippen molar-refractivity contribution in [3.63, 3.8) is 0 Å². The van der Waals surface area contributed by atoms with Crippen LogP contribution in [0.2, 0.25) is 0 Å². The Morgan fingerprint density at radius 1 is 1.00 bits per heavy atom. The average molecular weight is 405 g/mol. The van der Waals surface area contributed by atoms with Crippen molar-refractivity contribution < 1.29 is 9.53 Å². The highest BCUT2D eigenvalue weighted by atomic mass is 32.2. The van der Waals surface area contributed by atoms with Gasteiger partial charge < -0.3 is 4.74 Å². The van der Waals surface area contributed by atoms with Gasteiger partial charge in [0.2, 0.25) is 5.91 Å². The Morgan fingerprint density at radius 2 is 1.72 bits per heavy atom. The van der Waals surface area contributed by atoms with Gasteiger partial charge in [-0.1, -0.05) is 60.2 Å². The number of carbonyl (C=O) groups excluding carboxylic acids is 1. The lowest BCUT2D eigenvalue weighted by Crippen LogP contribution is -2.17. The first kappa shape index (κ1) is 20.7. The molecule has 0 aliphatic carbocycles. The second-order valence-electron chi connectivity index (χ2n) is 6.52. The van der Waals surface area contributed by atoms with Crippen LogP contribution in [0, 0.1) is 6.92 Å². The molecule has 0 bridgehead atoms. The number of thioether (sulfide) groups is 1. The fraction of sp³-hybridized carbons (Fsp3) is 0.167. The molecule has 0 heterocycles. The van der Waals surface area contributed by atoms with E-state index in [0.29, 0.717) is 18.8 Å². The van der Waals surface area contributed by atoms with Crippen LogP contribution < -0.4 is 10.2 Å². The van der Waals surface area contributed by atoms with Crippen LogP contribution in [0.15, 0.2) is 88.9 Å². The Labute approximate surface area is 176 Å². The lowest BCUT2D eigenvalue weighted by Gasteiger charge is -2.09. The zero-order chi connectivity index (χ0) is 20.3. The molecule has 3 aromatic rings. The molecule has 4 nitrogen and oxygen atoms in total. The Morgan fingerprint density at radius 3 is 2.52 bits per heavy atom. The topological polar surface area (TPSA) is 50.7 Å². The number of para-hydroxylation sites is 1. The van der Waals surface area contributed by atoms with E-state index in [-0.39, 0.29) is 5.91 Å². The van der Waals surface area contributed by atoms with Crippen LogP contribution in [0.3, 0.4) is 0 Å². The second kappa shape index (κ2) is 11.1. The molecule has 0 aromatic heterocycles. The predicted octanol–water partition coefficient (Wildman–Crippen LogP) is 5.21. The monoisotopic (exact) mass is 404 g/mol. The van der Waals surface area contributed by atoms with E-state index in [1.54, 1.807) is 18.0 Å². The van der Waals surface area contributed by atoms with Gasteiger partial charge in [-0.25, -0.2) is 5.43 Å². The average Bonchev–Trinajstić information content (AvgIpc) is 2.75. The molecule has 0 spiro atoms. The molecule has 1 N–H and O–H groups in total. The summed E-state index contributed by atoms with van der Waals surface area (Å²) in [7, 11) is 0. The van der Waals surface area contributed by atoms with Gasteiger partial charge in [0.25, 0.3) is 0 Å². The number of hydrogen-bond acceptors (Lipinski definition) is 4. The summed E-state index contributed by atoms with van der Waals surface area (Å²) in [6, 6.07) is 25.9. The molecule has 0 radical (unpaired) electrons. The summed E-state index contributed by atoms with van der Waals surface area (Å²) in [5, 5.41) is 4.08. The maximum absolute atomic E-state index is 12.0. The third kappa shape index (κ3) is 7.12. The molecule has 3 aromatic carbocycles. The van der Waals surface area contributed by atoms with Crippen LogP contribution in [0.5, 0.6) is 5.75 Å². The molecule has 5 heteroatoms. The van der Waals surface area contributed by atoms with E-state index >= 15 is 0 Å². The number of amides is 1. The fourth-order valence-corrected chi connectivity index (χ4v) is 3.43. The number of nitrogens with zero attached hydrogens (tertiary/aromatic N) is 1. The highest BCUT2D eigenvalue weighted by Gasteiger charge is 2.03. The van der Waals surface area contributed by atoms with E-state index in [1.165, 1.54) is 5.56 Å². The highest BCUT2D eigenvalue weighted by Crippen LogP contribution is 2.19. The summed E-state index contributed by atoms with van der Waals surface area (Å²) in [5.41, 5.74) is 5.73. The molecule has 3 rings (SSSR count). The molecule has 0 atom stereocenters. The maximum Gasteiger partial charge on any atom is 0.240 e. The SMILES string of the molecule is Cc1ccc(SCCC(=O)N/N=C\c2ccccc2OCc2ccccc2)cc1. The fourth-order valence-electron chi connectivity index (χ4n) is 2.58. The molecule has 148 valence electrons. The Balaban J connectivity index is 1.45. The molecule has 0 unspecified atom stereocenters. The normalized spacial score (nSPS) is 10.8. The van der Waals surface area contributed by atoms with Gasteiger partial charge >= 0.3 is 0 Å². The van der Waals surface area contributed by atoms with Gasteiger partial charge in [0.05, 0.1) is 6.21 Å². The zero-order valence-electron chi connectivity index (χ0n) is 16.4. The number of nitrogens with one attached hydrogen (secondary N) is 1. The van der Waals surface area contributed by atoms with Gasteiger partial charge in [-0.3, -0.25) is 4.79 Å². The van der Waals surface area contributed by atoms with E-state index in [2.05, 4.69) is 41.7 Å². The molecule has 0 saturated heterocycles.